The van der Waals surface area contributed by atoms with Gasteiger partial charge < -0.3 is 16.0 Å². The summed E-state index contributed by atoms with van der Waals surface area (Å²) < 4.78 is 0. The van der Waals surface area contributed by atoms with E-state index in [9.17, 15) is 4.79 Å². The third kappa shape index (κ3) is 8.49. The van der Waals surface area contributed by atoms with E-state index in [1.165, 1.54) is 11.1 Å². The molecule has 0 bridgehead atoms. The Bertz CT molecular complexity index is 815. The van der Waals surface area contributed by atoms with E-state index in [4.69, 9.17) is 0 Å². The van der Waals surface area contributed by atoms with Crippen molar-refractivity contribution in [3.63, 3.8) is 0 Å². The number of hydrogen-bond acceptors (Lipinski definition) is 3. The van der Waals surface area contributed by atoms with Gasteiger partial charge in [-0.2, -0.15) is 0 Å². The molecule has 168 valence electrons. The fourth-order valence-electron chi connectivity index (χ4n) is 3.85. The zero-order valence-corrected chi connectivity index (χ0v) is 20.7. The van der Waals surface area contributed by atoms with Crippen LogP contribution < -0.4 is 16.0 Å². The van der Waals surface area contributed by atoms with Crippen LogP contribution in [0.5, 0.6) is 0 Å². The van der Waals surface area contributed by atoms with E-state index in [1.807, 2.05) is 18.2 Å². The lowest BCUT2D eigenvalue weighted by Crippen LogP contribution is -2.47. The molecule has 7 heteroatoms. The molecule has 1 heterocycles. The number of rotatable bonds is 8. The zero-order chi connectivity index (χ0) is 21.2. The van der Waals surface area contributed by atoms with Crippen molar-refractivity contribution in [1.29, 1.82) is 0 Å². The second-order valence-corrected chi connectivity index (χ2v) is 7.85. The average molecular weight is 535 g/mol. The fourth-order valence-corrected chi connectivity index (χ4v) is 3.85. The van der Waals surface area contributed by atoms with Crippen LogP contribution in [0.3, 0.4) is 0 Å². The quantitative estimate of drug-likeness (QED) is 0.277. The highest BCUT2D eigenvalue weighted by Gasteiger charge is 2.29. The monoisotopic (exact) mass is 535 g/mol. The van der Waals surface area contributed by atoms with Crippen molar-refractivity contribution < 1.29 is 4.79 Å². The van der Waals surface area contributed by atoms with Crippen molar-refractivity contribution in [1.82, 2.24) is 20.9 Å². The minimum absolute atomic E-state index is 0. The summed E-state index contributed by atoms with van der Waals surface area (Å²) in [7, 11) is 1.74. The molecule has 1 aliphatic rings. The lowest BCUT2D eigenvalue weighted by Gasteiger charge is -2.21. The molecule has 0 aliphatic carbocycles. The first-order valence-corrected chi connectivity index (χ1v) is 10.7. The molecule has 0 spiro atoms. The largest absolute Gasteiger partial charge is 0.354 e. The zero-order valence-electron chi connectivity index (χ0n) is 18.4. The number of likely N-dealkylation sites (tertiary alicyclic amines) is 1. The second-order valence-electron chi connectivity index (χ2n) is 7.85. The molecule has 0 saturated carbocycles. The Kier molecular flexibility index (Phi) is 10.8. The number of amides is 1. The Morgan fingerprint density at radius 3 is 2.32 bits per heavy atom. The van der Waals surface area contributed by atoms with Gasteiger partial charge in [-0.15, -0.1) is 24.0 Å². The number of aliphatic imine (C=N–C) groups is 1. The molecule has 6 nitrogen and oxygen atoms in total. The third-order valence-corrected chi connectivity index (χ3v) is 5.49. The van der Waals surface area contributed by atoms with Gasteiger partial charge in [-0.3, -0.25) is 14.7 Å². The van der Waals surface area contributed by atoms with Crippen LogP contribution in [0.1, 0.15) is 24.5 Å². The fraction of sp³-hybridized carbons (Fsp3) is 0.417. The summed E-state index contributed by atoms with van der Waals surface area (Å²) in [6.45, 7) is 5.02. The van der Waals surface area contributed by atoms with E-state index >= 15 is 0 Å². The molecule has 2 unspecified atom stereocenters. The maximum atomic E-state index is 12.1. The van der Waals surface area contributed by atoms with Crippen molar-refractivity contribution in [2.24, 2.45) is 4.99 Å². The molecule has 3 rings (SSSR count). The molecule has 1 fully saturated rings. The Balaban J connectivity index is 0.00000341. The maximum Gasteiger partial charge on any atom is 0.239 e. The number of nitrogens with zero attached hydrogens (tertiary/aromatic N) is 2. The van der Waals surface area contributed by atoms with Crippen molar-refractivity contribution in [2.75, 3.05) is 26.7 Å². The topological polar surface area (TPSA) is 68.8 Å². The van der Waals surface area contributed by atoms with E-state index in [0.717, 1.165) is 25.9 Å². The first-order valence-electron chi connectivity index (χ1n) is 10.7. The summed E-state index contributed by atoms with van der Waals surface area (Å²) in [5.74, 6) is 0.645. The molecular weight excluding hydrogens is 501 g/mol. The Hall–Kier alpha value is -2.13. The normalized spacial score (nSPS) is 18.8. The lowest BCUT2D eigenvalue weighted by atomic mass is 10.1. The van der Waals surface area contributed by atoms with Crippen LogP contribution in [-0.4, -0.2) is 55.5 Å². The summed E-state index contributed by atoms with van der Waals surface area (Å²) in [5.41, 5.74) is 2.55. The summed E-state index contributed by atoms with van der Waals surface area (Å²) in [5, 5.41) is 9.55. The number of hydrogen-bond donors (Lipinski definition) is 3. The molecule has 1 amide bonds. The van der Waals surface area contributed by atoms with Crippen LogP contribution in [0.2, 0.25) is 0 Å². The van der Waals surface area contributed by atoms with Gasteiger partial charge in [0.15, 0.2) is 5.96 Å². The SMILES string of the molecule is CN=C(NCC(=O)NCCc1ccccc1)NC1CC(C)N(Cc2ccccc2)C1.I. The van der Waals surface area contributed by atoms with E-state index < -0.39 is 0 Å². The molecule has 2 atom stereocenters. The second kappa shape index (κ2) is 13.3. The summed E-state index contributed by atoms with van der Waals surface area (Å²) in [6, 6.07) is 21.5. The van der Waals surface area contributed by atoms with Gasteiger partial charge in [-0.25, -0.2) is 0 Å². The van der Waals surface area contributed by atoms with Crippen LogP contribution in [0, 0.1) is 0 Å². The highest BCUT2D eigenvalue weighted by molar-refractivity contribution is 14.0. The van der Waals surface area contributed by atoms with Crippen molar-refractivity contribution in [3.05, 3.63) is 71.8 Å². The highest BCUT2D eigenvalue weighted by atomic mass is 127. The van der Waals surface area contributed by atoms with Crippen molar-refractivity contribution >= 4 is 35.8 Å². The van der Waals surface area contributed by atoms with Crippen molar-refractivity contribution in [3.8, 4) is 0 Å². The van der Waals surface area contributed by atoms with E-state index in [2.05, 4.69) is 75.2 Å². The van der Waals surface area contributed by atoms with Gasteiger partial charge in [0.2, 0.25) is 5.91 Å². The van der Waals surface area contributed by atoms with Gasteiger partial charge in [-0.05, 0) is 30.9 Å². The van der Waals surface area contributed by atoms with Crippen molar-refractivity contribution in [2.45, 2.75) is 38.4 Å². The van der Waals surface area contributed by atoms with Gasteiger partial charge in [-0.1, -0.05) is 60.7 Å². The number of halogens is 1. The Morgan fingerprint density at radius 1 is 1.03 bits per heavy atom. The smallest absolute Gasteiger partial charge is 0.239 e. The minimum Gasteiger partial charge on any atom is -0.354 e. The Labute approximate surface area is 202 Å². The number of guanidine groups is 1. The predicted octanol–water partition coefficient (Wildman–Crippen LogP) is 2.79. The summed E-state index contributed by atoms with van der Waals surface area (Å²) >= 11 is 0. The van der Waals surface area contributed by atoms with Crippen LogP contribution in [0.4, 0.5) is 0 Å². The van der Waals surface area contributed by atoms with E-state index in [1.54, 1.807) is 7.05 Å². The predicted molar refractivity (Wildman–Crippen MR) is 138 cm³/mol. The number of nitrogens with one attached hydrogen (secondary N) is 3. The maximum absolute atomic E-state index is 12.1. The van der Waals surface area contributed by atoms with E-state index in [-0.39, 0.29) is 36.4 Å². The third-order valence-electron chi connectivity index (χ3n) is 5.49. The van der Waals surface area contributed by atoms with Gasteiger partial charge in [0, 0.05) is 38.8 Å². The van der Waals surface area contributed by atoms with Crippen LogP contribution >= 0.6 is 24.0 Å². The first kappa shape index (κ1) is 25.1. The molecule has 3 N–H and O–H groups in total. The average Bonchev–Trinajstić information content (AvgIpc) is 3.11. The molecule has 31 heavy (non-hydrogen) atoms. The highest BCUT2D eigenvalue weighted by Crippen LogP contribution is 2.20. The molecule has 2 aromatic carbocycles. The van der Waals surface area contributed by atoms with Gasteiger partial charge in [0.05, 0.1) is 6.54 Å². The van der Waals surface area contributed by atoms with Gasteiger partial charge >= 0.3 is 0 Å². The molecule has 0 aromatic heterocycles. The first-order chi connectivity index (χ1) is 14.6. The minimum atomic E-state index is -0.0284. The molecule has 0 radical (unpaired) electrons. The standard InChI is InChI=1S/C24H33N5O.HI/c1-19-15-22(18-29(19)17-21-11-7-4-8-12-21)28-24(25-2)27-16-23(30)26-14-13-20-9-5-3-6-10-20;/h3-12,19,22H,13-18H2,1-2H3,(H,26,30)(H2,25,27,28);1H. The molecule has 2 aromatic rings. The lowest BCUT2D eigenvalue weighted by molar-refractivity contribution is -0.119. The van der Waals surface area contributed by atoms with Crippen LogP contribution in [0.15, 0.2) is 65.7 Å². The van der Waals surface area contributed by atoms with Gasteiger partial charge in [0.1, 0.15) is 0 Å². The summed E-state index contributed by atoms with van der Waals surface area (Å²) in [4.78, 5) is 18.9. The van der Waals surface area contributed by atoms with Crippen LogP contribution in [0.25, 0.3) is 0 Å². The number of carbonyl (C=O) groups is 1. The number of carbonyl (C=O) groups excluding carboxylic acids is 1. The molecular formula is C24H34IN5O. The molecule has 1 saturated heterocycles. The Morgan fingerprint density at radius 2 is 1.68 bits per heavy atom. The summed E-state index contributed by atoms with van der Waals surface area (Å²) in [6.07, 6.45) is 1.88. The number of benzene rings is 2. The van der Waals surface area contributed by atoms with Crippen LogP contribution in [-0.2, 0) is 17.8 Å². The van der Waals surface area contributed by atoms with Gasteiger partial charge in [0.25, 0.3) is 0 Å². The van der Waals surface area contributed by atoms with E-state index in [0.29, 0.717) is 24.6 Å². The molecule has 1 aliphatic heterocycles.